The van der Waals surface area contributed by atoms with E-state index in [0.29, 0.717) is 0 Å². The van der Waals surface area contributed by atoms with E-state index in [1.807, 2.05) is 53.7 Å². The maximum atomic E-state index is 11.5. The van der Waals surface area contributed by atoms with Gasteiger partial charge in [-0.25, -0.2) is 0 Å². The van der Waals surface area contributed by atoms with E-state index >= 15 is 0 Å². The maximum Gasteiger partial charge on any atom is 0.164 e. The standard InChI is InChI=1S/C19H16P.C11H20O2.Pt/c1-4-10-17(11-5-1)16-20(18-12-6-2-7-13-18)19-14-8-3-9-15-19;1-10(2,3)8(12)7-9(13)11(4,5)6;/h1-10,12-15H,16H2;7,12H,1-6H3;/q-1;;/p+1/b;8-7-;. The van der Waals surface area contributed by atoms with Crippen LogP contribution in [0.2, 0.25) is 0 Å². The Balaban J connectivity index is 0.000000364. The van der Waals surface area contributed by atoms with Gasteiger partial charge >= 0.3 is 0 Å². The van der Waals surface area contributed by atoms with E-state index in [1.165, 1.54) is 22.2 Å². The second-order valence-electron chi connectivity index (χ2n) is 10.2. The summed E-state index contributed by atoms with van der Waals surface area (Å²) in [5.41, 5.74) is 0.536. The Kier molecular flexibility index (Phi) is 12.2. The van der Waals surface area contributed by atoms with Crippen molar-refractivity contribution in [3.8, 4) is 0 Å². The number of benzene rings is 3. The van der Waals surface area contributed by atoms with E-state index in [4.69, 9.17) is 0 Å². The Morgan fingerprint density at radius 3 is 1.65 bits per heavy atom. The molecule has 0 saturated heterocycles. The minimum absolute atomic E-state index is 0. The third-order valence-electron chi connectivity index (χ3n) is 5.16. The van der Waals surface area contributed by atoms with Gasteiger partial charge in [0.15, 0.2) is 5.78 Å². The van der Waals surface area contributed by atoms with Crippen LogP contribution in [0.15, 0.2) is 96.8 Å². The molecule has 0 fully saturated rings. The summed E-state index contributed by atoms with van der Waals surface area (Å²) in [7, 11) is -0.783. The summed E-state index contributed by atoms with van der Waals surface area (Å²) in [6.45, 7) is 11.1. The second-order valence-corrected chi connectivity index (χ2v) is 12.6. The molecule has 0 unspecified atom stereocenters. The summed E-state index contributed by atoms with van der Waals surface area (Å²) in [4.78, 5) is 11.5. The van der Waals surface area contributed by atoms with E-state index in [0.717, 1.165) is 6.16 Å². The molecule has 4 heteroatoms. The van der Waals surface area contributed by atoms with Gasteiger partial charge in [0.05, 0.1) is 24.7 Å². The van der Waals surface area contributed by atoms with Crippen molar-refractivity contribution in [1.82, 2.24) is 0 Å². The zero-order valence-electron chi connectivity index (χ0n) is 21.0. The molecule has 0 saturated carbocycles. The molecule has 184 valence electrons. The van der Waals surface area contributed by atoms with Gasteiger partial charge in [-0.05, 0) is 24.3 Å². The Hall–Kier alpha value is -2.01. The van der Waals surface area contributed by atoms with Crippen molar-refractivity contribution in [2.45, 2.75) is 47.7 Å². The average Bonchev–Trinajstić information content (AvgIpc) is 2.78. The number of aliphatic hydroxyl groups excluding tert-OH is 1. The molecule has 0 aliphatic rings. The fourth-order valence-corrected chi connectivity index (χ4v) is 5.47. The molecule has 3 aromatic carbocycles. The van der Waals surface area contributed by atoms with Crippen molar-refractivity contribution in [1.29, 1.82) is 0 Å². The van der Waals surface area contributed by atoms with Crippen LogP contribution in [0.25, 0.3) is 0 Å². The number of ketones is 1. The van der Waals surface area contributed by atoms with Crippen LogP contribution in [-0.2, 0) is 32.0 Å². The number of allylic oxidation sites excluding steroid dienone is 2. The summed E-state index contributed by atoms with van der Waals surface area (Å²) in [6, 6.07) is 33.4. The number of hydrogen-bond donors (Lipinski definition) is 1. The Morgan fingerprint density at radius 2 is 1.26 bits per heavy atom. The van der Waals surface area contributed by atoms with Crippen LogP contribution < -0.4 is 10.6 Å². The molecule has 0 heterocycles. The van der Waals surface area contributed by atoms with Crippen LogP contribution >= 0.6 is 7.92 Å². The molecule has 0 aliphatic heterocycles. The van der Waals surface area contributed by atoms with Gasteiger partial charge in [0, 0.05) is 38.0 Å². The summed E-state index contributed by atoms with van der Waals surface area (Å²) in [5, 5.41) is 12.5. The summed E-state index contributed by atoms with van der Waals surface area (Å²) in [6.07, 6.45) is 2.42. The van der Waals surface area contributed by atoms with Crippen LogP contribution in [0, 0.1) is 16.9 Å². The van der Waals surface area contributed by atoms with Gasteiger partial charge in [-0.1, -0.05) is 77.9 Å². The van der Waals surface area contributed by atoms with E-state index in [-0.39, 0.29) is 38.0 Å². The van der Waals surface area contributed by atoms with Gasteiger partial charge in [-0.3, -0.25) is 4.79 Å². The number of hydrogen-bond acceptors (Lipinski definition) is 2. The van der Waals surface area contributed by atoms with Gasteiger partial charge < -0.3 is 5.11 Å². The predicted octanol–water partition coefficient (Wildman–Crippen LogP) is 6.94. The molecule has 0 aromatic heterocycles. The Bertz CT molecular complexity index is 979. The first-order valence-corrected chi connectivity index (χ1v) is 13.1. The van der Waals surface area contributed by atoms with Gasteiger partial charge in [0.2, 0.25) is 0 Å². The molecule has 0 amide bonds. The van der Waals surface area contributed by atoms with Crippen LogP contribution in [0.3, 0.4) is 0 Å². The van der Waals surface area contributed by atoms with E-state index in [1.54, 1.807) is 0 Å². The van der Waals surface area contributed by atoms with Crippen molar-refractivity contribution in [2.24, 2.45) is 10.8 Å². The van der Waals surface area contributed by atoms with Gasteiger partial charge in [0.25, 0.3) is 0 Å². The number of carbonyl (C=O) groups is 1. The molecule has 1 N–H and O–H groups in total. The maximum absolute atomic E-state index is 11.5. The number of carbonyl (C=O) groups excluding carboxylic acids is 1. The fourth-order valence-electron chi connectivity index (χ4n) is 2.94. The summed E-state index contributed by atoms with van der Waals surface area (Å²) < 4.78 is 0. The third-order valence-corrected chi connectivity index (χ3v) is 7.96. The zero-order valence-corrected chi connectivity index (χ0v) is 24.3. The molecular weight excluding hydrogens is 618 g/mol. The van der Waals surface area contributed by atoms with Crippen LogP contribution in [0.1, 0.15) is 47.1 Å². The first-order chi connectivity index (χ1) is 15.5. The topological polar surface area (TPSA) is 37.3 Å². The van der Waals surface area contributed by atoms with Crippen LogP contribution in [0.4, 0.5) is 0 Å². The van der Waals surface area contributed by atoms with Gasteiger partial charge in [0.1, 0.15) is 5.76 Å². The zero-order chi connectivity index (χ0) is 24.5. The Labute approximate surface area is 221 Å². The van der Waals surface area contributed by atoms with Crippen molar-refractivity contribution in [3.05, 3.63) is 108 Å². The largest absolute Gasteiger partial charge is 0.512 e. The normalized spacial score (nSPS) is 11.8. The monoisotopic (exact) mass is 655 g/mol. The van der Waals surface area contributed by atoms with Crippen LogP contribution in [0.5, 0.6) is 0 Å². The smallest absolute Gasteiger partial charge is 0.164 e. The molecule has 0 radical (unpaired) electrons. The molecule has 0 spiro atoms. The van der Waals surface area contributed by atoms with Gasteiger partial charge in [-0.2, -0.15) is 30.3 Å². The molecule has 0 bridgehead atoms. The minimum Gasteiger partial charge on any atom is -0.512 e. The van der Waals surface area contributed by atoms with Crippen molar-refractivity contribution in [3.63, 3.8) is 0 Å². The van der Waals surface area contributed by atoms with Crippen molar-refractivity contribution < 1.29 is 31.0 Å². The van der Waals surface area contributed by atoms with E-state index in [2.05, 4.69) is 78.9 Å². The fraction of sp³-hybridized carbons (Fsp3) is 0.300. The first-order valence-electron chi connectivity index (χ1n) is 11.4. The van der Waals surface area contributed by atoms with E-state index in [9.17, 15) is 9.90 Å². The SMILES string of the molecule is CC(C)(C)C(=O)/C=C(\O)C(C)(C)C.[Pt].[c-]1ccccc1C[PH+](c1ccccc1)c1ccccc1. The molecule has 0 atom stereocenters. The molecule has 3 rings (SSSR count). The van der Waals surface area contributed by atoms with Crippen molar-refractivity contribution >= 4 is 24.3 Å². The average molecular weight is 656 g/mol. The van der Waals surface area contributed by atoms with Gasteiger partial charge in [-0.15, -0.1) is 5.56 Å². The second kappa shape index (κ2) is 13.8. The number of aliphatic hydroxyl groups is 1. The minimum atomic E-state index is -0.783. The third kappa shape index (κ3) is 10.1. The first kappa shape index (κ1) is 30.0. The summed E-state index contributed by atoms with van der Waals surface area (Å²) in [5.74, 6) is 0.104. The predicted molar refractivity (Wildman–Crippen MR) is 144 cm³/mol. The molecular formula is C30H37O2PPt. The molecule has 34 heavy (non-hydrogen) atoms. The summed E-state index contributed by atoms with van der Waals surface area (Å²) >= 11 is 0. The molecule has 0 aliphatic carbocycles. The van der Waals surface area contributed by atoms with Crippen molar-refractivity contribution in [2.75, 3.05) is 0 Å². The molecule has 3 aromatic rings. The molecule has 2 nitrogen and oxygen atoms in total. The van der Waals surface area contributed by atoms with E-state index < -0.39 is 13.3 Å². The quantitative estimate of drug-likeness (QED) is 0.140. The van der Waals surface area contributed by atoms with Crippen LogP contribution in [-0.4, -0.2) is 10.9 Å². The number of rotatable bonds is 5. The Morgan fingerprint density at radius 1 is 0.794 bits per heavy atom.